The summed E-state index contributed by atoms with van der Waals surface area (Å²) in [6.07, 6.45) is 10.7. The number of thiophene rings is 3. The Labute approximate surface area is 408 Å². The van der Waals surface area contributed by atoms with Gasteiger partial charge in [-0.2, -0.15) is 0 Å². The molecule has 6 fully saturated rings. The predicted molar refractivity (Wildman–Crippen MR) is 268 cm³/mol. The second-order valence-corrected chi connectivity index (χ2v) is 23.2. The summed E-state index contributed by atoms with van der Waals surface area (Å²) in [5, 5.41) is 0.847. The number of carbonyl (C=O) groups excluding carboxylic acids is 6. The van der Waals surface area contributed by atoms with Gasteiger partial charge >= 0.3 is 12.2 Å². The van der Waals surface area contributed by atoms with Crippen LogP contribution in [-0.2, 0) is 41.9 Å². The molecule has 0 bridgehead atoms. The van der Waals surface area contributed by atoms with Gasteiger partial charge in [0, 0.05) is 23.7 Å². The second kappa shape index (κ2) is 16.9. The van der Waals surface area contributed by atoms with Gasteiger partial charge in [0.25, 0.3) is 0 Å². The maximum atomic E-state index is 14.6. The molecule has 7 aromatic rings. The van der Waals surface area contributed by atoms with Gasteiger partial charge in [0.1, 0.15) is 23.2 Å². The quantitative estimate of drug-likeness (QED) is 0.159. The Morgan fingerprint density at radius 1 is 0.493 bits per heavy atom. The fraction of sp³-hybridized carbons (Fsp3) is 0.407. The van der Waals surface area contributed by atoms with Crippen molar-refractivity contribution in [1.29, 1.82) is 0 Å². The van der Waals surface area contributed by atoms with Gasteiger partial charge in [0.15, 0.2) is 34.6 Å². The number of Topliss-reactive ketones (excluding diaryl/α,β-unsaturated/α-hetero) is 4. The number of ether oxygens (including phenoxy) is 2. The highest BCUT2D eigenvalue weighted by Gasteiger charge is 2.53. The molecule has 0 saturated heterocycles. The fourth-order valence-corrected chi connectivity index (χ4v) is 16.7. The Morgan fingerprint density at radius 3 is 1.19 bits per heavy atom. The number of hydrogen-bond acceptors (Lipinski definition) is 13. The van der Waals surface area contributed by atoms with E-state index in [-0.39, 0.29) is 71.4 Å². The highest BCUT2D eigenvalue weighted by molar-refractivity contribution is 7.35. The summed E-state index contributed by atoms with van der Waals surface area (Å²) >= 11 is 3.96. The summed E-state index contributed by atoms with van der Waals surface area (Å²) in [7, 11) is 0. The third-order valence-electron chi connectivity index (χ3n) is 16.4. The molecule has 15 heteroatoms. The van der Waals surface area contributed by atoms with Crippen LogP contribution in [-0.4, -0.2) is 55.9 Å². The molecule has 0 spiro atoms. The Morgan fingerprint density at radius 2 is 0.841 bits per heavy atom. The number of hydrogen-bond donors (Lipinski definition) is 0. The van der Waals surface area contributed by atoms with Crippen LogP contribution in [0.4, 0.5) is 19.6 Å². The average molecular weight is 977 g/mol. The Hall–Kier alpha value is -5.90. The van der Waals surface area contributed by atoms with Gasteiger partial charge in [0.2, 0.25) is 0 Å². The zero-order valence-electron chi connectivity index (χ0n) is 37.7. The number of aromatic nitrogens is 2. The maximum absolute atomic E-state index is 14.6. The molecule has 6 aliphatic carbocycles. The van der Waals surface area contributed by atoms with Crippen LogP contribution < -0.4 is 0 Å². The Balaban J connectivity index is 0.942. The first-order chi connectivity index (χ1) is 33.7. The molecule has 69 heavy (non-hydrogen) atoms. The van der Waals surface area contributed by atoms with E-state index in [1.807, 2.05) is 60.7 Å². The maximum Gasteiger partial charge on any atom is 0.419 e. The van der Waals surface area contributed by atoms with E-state index in [4.69, 9.17) is 19.5 Å². The SMILES string of the molecule is O=C1C(=Nc2cc3c(s2)c2sc4c5sc(N=C6C(=O)C7CC8CCCCC8CC7C6=O)cc5n(C(=O)OCc5ccccc5)c4c2n3C(=O)OCc2ccccc2)C(=O)C2CC3CCCCC3CC12. The van der Waals surface area contributed by atoms with Crippen molar-refractivity contribution in [3.63, 3.8) is 0 Å². The minimum atomic E-state index is -0.683. The van der Waals surface area contributed by atoms with Crippen molar-refractivity contribution in [1.82, 2.24) is 9.13 Å². The van der Waals surface area contributed by atoms with Crippen LogP contribution in [0, 0.1) is 47.3 Å². The number of aliphatic imine (C=N–C) groups is 2. The number of rotatable bonds is 6. The smallest absolute Gasteiger partial charge is 0.419 e. The van der Waals surface area contributed by atoms with Crippen molar-refractivity contribution in [2.24, 2.45) is 57.3 Å². The highest BCUT2D eigenvalue weighted by Crippen LogP contribution is 2.54. The first-order valence-electron chi connectivity index (χ1n) is 24.5. The van der Waals surface area contributed by atoms with Crippen molar-refractivity contribution in [3.05, 3.63) is 83.9 Å². The lowest BCUT2D eigenvalue weighted by Gasteiger charge is -2.39. The minimum Gasteiger partial charge on any atom is -0.444 e. The molecule has 0 N–H and O–H groups in total. The number of carbonyl (C=O) groups is 6. The van der Waals surface area contributed by atoms with Gasteiger partial charge < -0.3 is 9.47 Å². The molecule has 0 radical (unpaired) electrons. The molecular weight excluding hydrogens is 929 g/mol. The van der Waals surface area contributed by atoms with Crippen molar-refractivity contribution in [2.75, 3.05) is 0 Å². The van der Waals surface area contributed by atoms with E-state index in [2.05, 4.69) is 0 Å². The molecular formula is C54H48N4O8S3. The normalized spacial score (nSPS) is 26.7. The molecule has 13 rings (SSSR count). The third kappa shape index (κ3) is 7.07. The summed E-state index contributed by atoms with van der Waals surface area (Å²) in [4.78, 5) is 94.9. The van der Waals surface area contributed by atoms with E-state index in [0.29, 0.717) is 74.5 Å². The molecule has 12 nitrogen and oxygen atoms in total. The van der Waals surface area contributed by atoms with E-state index < -0.39 is 12.2 Å². The average Bonchev–Trinajstić information content (AvgIpc) is 4.24. The van der Waals surface area contributed by atoms with Gasteiger partial charge in [-0.1, -0.05) is 112 Å². The van der Waals surface area contributed by atoms with Gasteiger partial charge in [-0.25, -0.2) is 28.7 Å². The topological polar surface area (TPSA) is 155 Å². The van der Waals surface area contributed by atoms with Crippen LogP contribution in [0.5, 0.6) is 0 Å². The molecule has 350 valence electrons. The third-order valence-corrected chi connectivity index (χ3v) is 20.0. The molecule has 8 atom stereocenters. The minimum absolute atomic E-state index is 0.00258. The molecule has 6 aliphatic rings. The molecule has 6 saturated carbocycles. The molecule has 5 aromatic heterocycles. The lowest BCUT2D eigenvalue weighted by molar-refractivity contribution is -0.123. The van der Waals surface area contributed by atoms with Gasteiger partial charge in [-0.05, 0) is 72.6 Å². The van der Waals surface area contributed by atoms with E-state index in [0.717, 1.165) is 62.5 Å². The summed E-state index contributed by atoms with van der Waals surface area (Å²) < 4.78 is 17.7. The Bertz CT molecular complexity index is 3100. The lowest BCUT2D eigenvalue weighted by atomic mass is 9.64. The van der Waals surface area contributed by atoms with E-state index in [1.54, 1.807) is 12.1 Å². The van der Waals surface area contributed by atoms with E-state index in [1.165, 1.54) is 68.8 Å². The summed E-state index contributed by atoms with van der Waals surface area (Å²) in [5.74, 6) is -0.150. The van der Waals surface area contributed by atoms with Crippen molar-refractivity contribution >= 4 is 132 Å². The number of nitrogens with zero attached hydrogens (tertiary/aromatic N) is 4. The predicted octanol–water partition coefficient (Wildman–Crippen LogP) is 12.6. The standard InChI is InChI=1S/C54H48N4O8S3/c59-45-33-19-29-15-7-8-16-30(29)20-34(33)46(60)41(45)55-39-23-37-49(67-39)51-43(57(37)53(63)65-25-27-11-3-1-4-12-27)44-52(69-51)50-38(58(44)54(64)66-26-28-13-5-2-6-14-28)24-40(68-50)56-42-47(61)35-21-31-17-9-10-18-32(31)22-36(35)48(42)62/h1-6,11-14,23-24,29-36H,7-10,15-22,25-26H2. The summed E-state index contributed by atoms with van der Waals surface area (Å²) in [6, 6.07) is 22.2. The van der Waals surface area contributed by atoms with Gasteiger partial charge in [0.05, 0.1) is 40.9 Å². The monoisotopic (exact) mass is 976 g/mol. The van der Waals surface area contributed by atoms with Crippen molar-refractivity contribution < 1.29 is 38.2 Å². The number of fused-ring (bicyclic) bond motifs is 11. The van der Waals surface area contributed by atoms with Crippen LogP contribution in [0.25, 0.3) is 40.9 Å². The van der Waals surface area contributed by atoms with E-state index >= 15 is 0 Å². The first-order valence-corrected chi connectivity index (χ1v) is 26.9. The van der Waals surface area contributed by atoms with E-state index in [9.17, 15) is 28.8 Å². The Kier molecular flexibility index (Phi) is 10.6. The molecule has 2 aromatic carbocycles. The first kappa shape index (κ1) is 43.1. The van der Waals surface area contributed by atoms with Gasteiger partial charge in [-0.3, -0.25) is 19.2 Å². The molecule has 0 aliphatic heterocycles. The second-order valence-electron chi connectivity index (χ2n) is 20.2. The zero-order valence-corrected chi connectivity index (χ0v) is 40.2. The van der Waals surface area contributed by atoms with Crippen LogP contribution in [0.1, 0.15) is 88.2 Å². The molecule has 5 heterocycles. The molecule has 8 unspecified atom stereocenters. The zero-order chi connectivity index (χ0) is 46.7. The summed E-state index contributed by atoms with van der Waals surface area (Å²) in [5.41, 5.74) is 3.40. The number of benzene rings is 2. The van der Waals surface area contributed by atoms with Crippen molar-refractivity contribution in [2.45, 2.75) is 90.3 Å². The molecule has 0 amide bonds. The van der Waals surface area contributed by atoms with Crippen molar-refractivity contribution in [3.8, 4) is 0 Å². The van der Waals surface area contributed by atoms with Crippen LogP contribution in [0.3, 0.4) is 0 Å². The van der Waals surface area contributed by atoms with Crippen LogP contribution >= 0.6 is 34.0 Å². The van der Waals surface area contributed by atoms with Gasteiger partial charge in [-0.15, -0.1) is 34.0 Å². The summed E-state index contributed by atoms with van der Waals surface area (Å²) in [6.45, 7) is -0.0267. The fourth-order valence-electron chi connectivity index (χ4n) is 13.1. The highest BCUT2D eigenvalue weighted by atomic mass is 32.1. The van der Waals surface area contributed by atoms with Crippen LogP contribution in [0.2, 0.25) is 0 Å². The number of ketones is 4. The van der Waals surface area contributed by atoms with Crippen LogP contribution in [0.15, 0.2) is 82.8 Å². The largest absolute Gasteiger partial charge is 0.444 e. The lowest BCUT2D eigenvalue weighted by Crippen LogP contribution is -2.35.